The smallest absolute Gasteiger partial charge is 0.155 e. The second-order valence-electron chi connectivity index (χ2n) is 9.13. The Labute approximate surface area is 149 Å². The van der Waals surface area contributed by atoms with Gasteiger partial charge in [0.25, 0.3) is 0 Å². The number of fused-ring (bicyclic) bond motifs is 5. The topological polar surface area (TPSA) is 89.5 Å². The number of carbonyl (C=O) groups is 1. The van der Waals surface area contributed by atoms with E-state index in [2.05, 4.69) is 13.8 Å². The van der Waals surface area contributed by atoms with Crippen molar-refractivity contribution in [2.24, 2.45) is 28.6 Å². The number of ketones is 1. The van der Waals surface area contributed by atoms with Crippen LogP contribution in [0.1, 0.15) is 65.2 Å². The molecular formula is C19H27O5P-2. The maximum absolute atomic E-state index is 11.9. The molecule has 0 aromatic heterocycles. The van der Waals surface area contributed by atoms with E-state index in [0.717, 1.165) is 38.5 Å². The van der Waals surface area contributed by atoms with E-state index in [4.69, 9.17) is 4.52 Å². The summed E-state index contributed by atoms with van der Waals surface area (Å²) in [4.78, 5) is 34.2. The van der Waals surface area contributed by atoms with Gasteiger partial charge in [0.05, 0.1) is 13.9 Å². The van der Waals surface area contributed by atoms with Gasteiger partial charge in [-0.25, -0.2) is 0 Å². The highest BCUT2D eigenvalue weighted by atomic mass is 31.2. The maximum atomic E-state index is 11.9. The van der Waals surface area contributed by atoms with Crippen molar-refractivity contribution in [2.75, 3.05) is 0 Å². The third-order valence-electron chi connectivity index (χ3n) is 8.13. The van der Waals surface area contributed by atoms with Crippen molar-refractivity contribution in [1.29, 1.82) is 0 Å². The zero-order valence-corrected chi connectivity index (χ0v) is 15.9. The number of hydrogen-bond donors (Lipinski definition) is 0. The number of phosphoric acid groups is 1. The van der Waals surface area contributed by atoms with Crippen molar-refractivity contribution < 1.29 is 23.7 Å². The van der Waals surface area contributed by atoms with Crippen LogP contribution in [0.5, 0.6) is 0 Å². The number of phosphoric ester groups is 1. The van der Waals surface area contributed by atoms with Gasteiger partial charge in [-0.15, -0.1) is 0 Å². The Morgan fingerprint density at radius 1 is 1.08 bits per heavy atom. The van der Waals surface area contributed by atoms with Crippen LogP contribution in [-0.2, 0) is 13.9 Å². The van der Waals surface area contributed by atoms with Crippen molar-refractivity contribution >= 4 is 13.6 Å². The van der Waals surface area contributed by atoms with Gasteiger partial charge in [-0.05, 0) is 79.6 Å². The third kappa shape index (κ3) is 2.79. The van der Waals surface area contributed by atoms with Crippen LogP contribution < -0.4 is 9.79 Å². The fourth-order valence-electron chi connectivity index (χ4n) is 6.84. The van der Waals surface area contributed by atoms with E-state index in [9.17, 15) is 19.1 Å². The zero-order valence-electron chi connectivity index (χ0n) is 15.0. The van der Waals surface area contributed by atoms with Crippen molar-refractivity contribution in [3.8, 4) is 0 Å². The molecule has 0 spiro atoms. The number of carbonyl (C=O) groups excluding carboxylic acids is 1. The first-order valence-electron chi connectivity index (χ1n) is 9.58. The minimum absolute atomic E-state index is 0.115. The van der Waals surface area contributed by atoms with Gasteiger partial charge in [0.1, 0.15) is 0 Å². The number of rotatable bonds is 2. The molecule has 4 aliphatic rings. The number of hydrogen-bond acceptors (Lipinski definition) is 5. The molecule has 3 saturated carbocycles. The van der Waals surface area contributed by atoms with Gasteiger partial charge in [0.15, 0.2) is 5.78 Å². The summed E-state index contributed by atoms with van der Waals surface area (Å²) in [5.41, 5.74) is 1.24. The van der Waals surface area contributed by atoms with Crippen molar-refractivity contribution in [2.45, 2.75) is 71.3 Å². The van der Waals surface area contributed by atoms with Crippen molar-refractivity contribution in [1.82, 2.24) is 0 Å². The van der Waals surface area contributed by atoms with Gasteiger partial charge >= 0.3 is 0 Å². The van der Waals surface area contributed by atoms with Gasteiger partial charge in [-0.3, -0.25) is 4.79 Å². The van der Waals surface area contributed by atoms with Crippen LogP contribution in [0.2, 0.25) is 0 Å². The molecule has 3 fully saturated rings. The Balaban J connectivity index is 1.61. The summed E-state index contributed by atoms with van der Waals surface area (Å²) < 4.78 is 16.2. The third-order valence-corrected chi connectivity index (χ3v) is 8.64. The van der Waals surface area contributed by atoms with E-state index in [1.807, 2.05) is 6.08 Å². The summed E-state index contributed by atoms with van der Waals surface area (Å²) in [6, 6.07) is 0. The van der Waals surface area contributed by atoms with Crippen LogP contribution in [0.3, 0.4) is 0 Å². The molecule has 0 bridgehead atoms. The molecule has 4 rings (SSSR count). The molecule has 0 radical (unpaired) electrons. The molecule has 6 atom stereocenters. The predicted octanol–water partition coefficient (Wildman–Crippen LogP) is 2.73. The molecular weight excluding hydrogens is 339 g/mol. The van der Waals surface area contributed by atoms with Crippen molar-refractivity contribution in [3.63, 3.8) is 0 Å². The maximum Gasteiger partial charge on any atom is 0.155 e. The normalized spacial score (nSPS) is 46.9. The molecule has 0 amide bonds. The first-order valence-corrected chi connectivity index (χ1v) is 11.0. The SMILES string of the molecule is C[C@]12CC[C@@H]3[C@@H](CCC4=CC(=O)CC[C@@]43C)[C@@H]1CC[C@@H]2OP(=O)([O-])[O-]. The van der Waals surface area contributed by atoms with E-state index in [0.29, 0.717) is 30.6 Å². The monoisotopic (exact) mass is 366 g/mol. The second kappa shape index (κ2) is 5.76. The van der Waals surface area contributed by atoms with E-state index in [1.54, 1.807) is 0 Å². The molecule has 4 aliphatic carbocycles. The van der Waals surface area contributed by atoms with E-state index in [-0.39, 0.29) is 16.6 Å². The molecule has 6 heteroatoms. The summed E-state index contributed by atoms with van der Waals surface area (Å²) in [7, 11) is -4.95. The van der Waals surface area contributed by atoms with Gasteiger partial charge in [0, 0.05) is 6.42 Å². The molecule has 0 N–H and O–H groups in total. The Kier molecular flexibility index (Phi) is 4.12. The summed E-state index contributed by atoms with van der Waals surface area (Å²) in [5, 5.41) is 0. The highest BCUT2D eigenvalue weighted by molar-refractivity contribution is 7.43. The van der Waals surface area contributed by atoms with Gasteiger partial charge in [0.2, 0.25) is 0 Å². The molecule has 140 valence electrons. The van der Waals surface area contributed by atoms with E-state index in [1.165, 1.54) is 5.57 Å². The zero-order chi connectivity index (χ0) is 18.0. The van der Waals surface area contributed by atoms with Crippen LogP contribution in [0.4, 0.5) is 0 Å². The summed E-state index contributed by atoms with van der Waals surface area (Å²) in [5.74, 6) is 1.78. The standard InChI is InChI=1S/C19H29O5P/c1-18-9-7-13(20)11-12(18)3-4-14-15-5-6-17(24-25(21,22)23)19(15,2)10-8-16(14)18/h11,14-17H,3-10H2,1-2H3,(H2,21,22,23)/p-2/t14-,15-,16+,17-,18-,19-/m0/s1. The molecule has 25 heavy (non-hydrogen) atoms. The fourth-order valence-corrected chi connectivity index (χ4v) is 7.50. The number of allylic oxidation sites excluding steroid dienone is 1. The lowest BCUT2D eigenvalue weighted by molar-refractivity contribution is -0.347. The van der Waals surface area contributed by atoms with E-state index >= 15 is 0 Å². The molecule has 0 heterocycles. The molecule has 0 saturated heterocycles. The summed E-state index contributed by atoms with van der Waals surface area (Å²) >= 11 is 0. The Morgan fingerprint density at radius 2 is 1.84 bits per heavy atom. The lowest BCUT2D eigenvalue weighted by Gasteiger charge is -2.58. The van der Waals surface area contributed by atoms with Gasteiger partial charge < -0.3 is 18.9 Å². The molecule has 5 nitrogen and oxygen atoms in total. The summed E-state index contributed by atoms with van der Waals surface area (Å²) in [6.07, 6.45) is 8.61. The Bertz CT molecular complexity index is 667. The fraction of sp³-hybridized carbons (Fsp3) is 0.842. The summed E-state index contributed by atoms with van der Waals surface area (Å²) in [6.45, 7) is 4.45. The minimum Gasteiger partial charge on any atom is -0.790 e. The molecule has 0 aromatic carbocycles. The van der Waals surface area contributed by atoms with Gasteiger partial charge in [-0.2, -0.15) is 0 Å². The van der Waals surface area contributed by atoms with Crippen LogP contribution in [-0.4, -0.2) is 11.9 Å². The highest BCUT2D eigenvalue weighted by Crippen LogP contribution is 2.66. The van der Waals surface area contributed by atoms with Crippen LogP contribution in [0, 0.1) is 28.6 Å². The average Bonchev–Trinajstić information content (AvgIpc) is 2.83. The Hall–Kier alpha value is -0.480. The average molecular weight is 366 g/mol. The first-order chi connectivity index (χ1) is 11.6. The highest BCUT2D eigenvalue weighted by Gasteiger charge is 2.59. The first kappa shape index (κ1) is 17.9. The lowest BCUT2D eigenvalue weighted by atomic mass is 9.47. The van der Waals surface area contributed by atoms with Crippen LogP contribution in [0.15, 0.2) is 11.6 Å². The predicted molar refractivity (Wildman–Crippen MR) is 89.2 cm³/mol. The van der Waals surface area contributed by atoms with Gasteiger partial charge in [-0.1, -0.05) is 19.4 Å². The Morgan fingerprint density at radius 3 is 2.56 bits per heavy atom. The van der Waals surface area contributed by atoms with Crippen LogP contribution in [0.25, 0.3) is 0 Å². The molecule has 0 aromatic rings. The van der Waals surface area contributed by atoms with Crippen LogP contribution >= 0.6 is 7.82 Å². The minimum atomic E-state index is -4.95. The van der Waals surface area contributed by atoms with E-state index < -0.39 is 13.9 Å². The van der Waals surface area contributed by atoms with Crippen molar-refractivity contribution in [3.05, 3.63) is 11.6 Å². The molecule has 0 unspecified atom stereocenters. The largest absolute Gasteiger partial charge is 0.790 e. The molecule has 0 aliphatic heterocycles. The quantitative estimate of drug-likeness (QED) is 0.701. The second-order valence-corrected chi connectivity index (χ2v) is 10.2. The lowest BCUT2D eigenvalue weighted by Crippen LogP contribution is -2.51.